The molecule has 1 atom stereocenters. The quantitative estimate of drug-likeness (QED) is 0.654. The number of ether oxygens (including phenoxy) is 1. The highest BCUT2D eigenvalue weighted by molar-refractivity contribution is 5.82. The molecular weight excluding hydrogens is 248 g/mol. The highest BCUT2D eigenvalue weighted by Gasteiger charge is 2.68. The molecule has 1 unspecified atom stereocenters. The summed E-state index contributed by atoms with van der Waals surface area (Å²) in [6, 6.07) is 0. The largest absolute Gasteiger partial charge is 0.459 e. The van der Waals surface area contributed by atoms with Gasteiger partial charge in [-0.3, -0.25) is 4.79 Å². The molecule has 2 heteroatoms. The maximum atomic E-state index is 12.9. The molecule has 0 spiro atoms. The minimum absolute atomic E-state index is 0.0772. The minimum Gasteiger partial charge on any atom is -0.459 e. The zero-order valence-corrected chi connectivity index (χ0v) is 14.3. The van der Waals surface area contributed by atoms with E-state index in [1.807, 2.05) is 0 Å². The fraction of sp³-hybridized carbons (Fsp3) is 0.944. The summed E-state index contributed by atoms with van der Waals surface area (Å²) >= 11 is 0. The van der Waals surface area contributed by atoms with Crippen LogP contribution in [0.5, 0.6) is 0 Å². The van der Waals surface area contributed by atoms with E-state index < -0.39 is 0 Å². The molecular formula is C18H32O2. The average Bonchev–Trinajstić information content (AvgIpc) is 2.68. The number of esters is 1. The van der Waals surface area contributed by atoms with Crippen LogP contribution < -0.4 is 0 Å². The Morgan fingerprint density at radius 3 is 2.05 bits per heavy atom. The van der Waals surface area contributed by atoms with Gasteiger partial charge in [-0.15, -0.1) is 0 Å². The maximum absolute atomic E-state index is 12.9. The molecule has 2 saturated carbocycles. The second-order valence-corrected chi connectivity index (χ2v) is 8.88. The van der Waals surface area contributed by atoms with Crippen LogP contribution in [0.3, 0.4) is 0 Å². The summed E-state index contributed by atoms with van der Waals surface area (Å²) in [5, 5.41) is 0. The predicted octanol–water partition coefficient (Wildman–Crippen LogP) is 5.10. The highest BCUT2D eigenvalue weighted by Crippen LogP contribution is 2.69. The smallest absolute Gasteiger partial charge is 0.313 e. The van der Waals surface area contributed by atoms with E-state index in [0.717, 1.165) is 32.1 Å². The second-order valence-electron chi connectivity index (χ2n) is 8.88. The topological polar surface area (TPSA) is 26.3 Å². The lowest BCUT2D eigenvalue weighted by molar-refractivity contribution is -0.167. The van der Waals surface area contributed by atoms with Crippen molar-refractivity contribution in [2.45, 2.75) is 92.1 Å². The van der Waals surface area contributed by atoms with Crippen LogP contribution in [-0.2, 0) is 9.53 Å². The first-order chi connectivity index (χ1) is 9.06. The molecule has 0 aromatic heterocycles. The molecule has 20 heavy (non-hydrogen) atoms. The summed E-state index contributed by atoms with van der Waals surface area (Å²) in [5.41, 5.74) is -0.119. The first kappa shape index (κ1) is 15.9. The molecule has 0 amide bonds. The van der Waals surface area contributed by atoms with Crippen molar-refractivity contribution in [2.75, 3.05) is 0 Å². The van der Waals surface area contributed by atoms with Crippen molar-refractivity contribution in [1.82, 2.24) is 0 Å². The van der Waals surface area contributed by atoms with Crippen molar-refractivity contribution in [1.29, 1.82) is 0 Å². The Balaban J connectivity index is 2.12. The van der Waals surface area contributed by atoms with E-state index in [9.17, 15) is 4.79 Å². The molecule has 2 nitrogen and oxygen atoms in total. The van der Waals surface area contributed by atoms with Gasteiger partial charge in [-0.05, 0) is 56.3 Å². The summed E-state index contributed by atoms with van der Waals surface area (Å²) in [4.78, 5) is 12.9. The Hall–Kier alpha value is -0.530. The van der Waals surface area contributed by atoms with Crippen molar-refractivity contribution in [3.8, 4) is 0 Å². The van der Waals surface area contributed by atoms with Gasteiger partial charge in [0.2, 0.25) is 0 Å². The van der Waals surface area contributed by atoms with Gasteiger partial charge < -0.3 is 4.74 Å². The van der Waals surface area contributed by atoms with Gasteiger partial charge in [0.25, 0.3) is 0 Å². The van der Waals surface area contributed by atoms with Crippen LogP contribution in [0.25, 0.3) is 0 Å². The van der Waals surface area contributed by atoms with E-state index in [4.69, 9.17) is 4.74 Å². The Labute approximate surface area is 124 Å². The average molecular weight is 280 g/mol. The van der Waals surface area contributed by atoms with Crippen molar-refractivity contribution >= 4 is 5.97 Å². The van der Waals surface area contributed by atoms with Crippen molar-refractivity contribution in [3.63, 3.8) is 0 Å². The van der Waals surface area contributed by atoms with E-state index in [1.54, 1.807) is 0 Å². The molecule has 0 aliphatic heterocycles. The lowest BCUT2D eigenvalue weighted by Gasteiger charge is -2.33. The second kappa shape index (κ2) is 4.74. The van der Waals surface area contributed by atoms with Crippen LogP contribution >= 0.6 is 0 Å². The zero-order chi connectivity index (χ0) is 15.2. The molecule has 2 aliphatic rings. The van der Waals surface area contributed by atoms with E-state index in [1.165, 1.54) is 12.8 Å². The number of hydrogen-bond acceptors (Lipinski definition) is 2. The van der Waals surface area contributed by atoms with Crippen LogP contribution in [0.4, 0.5) is 0 Å². The zero-order valence-electron chi connectivity index (χ0n) is 14.3. The standard InChI is InChI=1S/C18H32O2/c1-7-15(2,3)12-18(13-16(18,4)5)14(19)20-17(6)10-8-9-11-17/h7-13H2,1-6H3. The molecule has 0 bridgehead atoms. The molecule has 0 radical (unpaired) electrons. The summed E-state index contributed by atoms with van der Waals surface area (Å²) in [7, 11) is 0. The molecule has 0 saturated heterocycles. The molecule has 2 fully saturated rings. The van der Waals surface area contributed by atoms with Crippen LogP contribution in [0.1, 0.15) is 86.5 Å². The normalized spacial score (nSPS) is 31.1. The maximum Gasteiger partial charge on any atom is 0.313 e. The van der Waals surface area contributed by atoms with Crippen molar-refractivity contribution in [3.05, 3.63) is 0 Å². The van der Waals surface area contributed by atoms with Gasteiger partial charge in [0.15, 0.2) is 0 Å². The first-order valence-electron chi connectivity index (χ1n) is 8.29. The third-order valence-electron chi connectivity index (χ3n) is 6.04. The fourth-order valence-corrected chi connectivity index (χ4v) is 3.92. The minimum atomic E-state index is -0.238. The molecule has 116 valence electrons. The summed E-state index contributed by atoms with van der Waals surface area (Å²) < 4.78 is 6.01. The summed E-state index contributed by atoms with van der Waals surface area (Å²) in [6.45, 7) is 13.3. The van der Waals surface area contributed by atoms with Gasteiger partial charge in [0.05, 0.1) is 5.41 Å². The number of rotatable bonds is 5. The molecule has 2 aliphatic carbocycles. The third-order valence-corrected chi connectivity index (χ3v) is 6.04. The Kier molecular flexibility index (Phi) is 3.76. The monoisotopic (exact) mass is 280 g/mol. The lowest BCUT2D eigenvalue weighted by atomic mass is 9.76. The molecule has 0 N–H and O–H groups in total. The van der Waals surface area contributed by atoms with E-state index in [-0.39, 0.29) is 27.8 Å². The van der Waals surface area contributed by atoms with Gasteiger partial charge in [-0.1, -0.05) is 41.0 Å². The predicted molar refractivity (Wildman–Crippen MR) is 82.5 cm³/mol. The Bertz CT molecular complexity index is 388. The Morgan fingerprint density at radius 2 is 1.65 bits per heavy atom. The van der Waals surface area contributed by atoms with Gasteiger partial charge in [-0.2, -0.15) is 0 Å². The summed E-state index contributed by atoms with van der Waals surface area (Å²) in [6.07, 6.45) is 7.51. The van der Waals surface area contributed by atoms with Crippen LogP contribution in [0.15, 0.2) is 0 Å². The van der Waals surface area contributed by atoms with Gasteiger partial charge in [-0.25, -0.2) is 0 Å². The van der Waals surface area contributed by atoms with E-state index in [2.05, 4.69) is 41.5 Å². The van der Waals surface area contributed by atoms with Gasteiger partial charge in [0, 0.05) is 0 Å². The number of hydrogen-bond donors (Lipinski definition) is 0. The number of carbonyl (C=O) groups excluding carboxylic acids is 1. The number of carbonyl (C=O) groups is 1. The lowest BCUT2D eigenvalue weighted by Crippen LogP contribution is -2.36. The van der Waals surface area contributed by atoms with Crippen molar-refractivity contribution in [2.24, 2.45) is 16.2 Å². The summed E-state index contributed by atoms with van der Waals surface area (Å²) in [5.74, 6) is 0.0772. The SMILES string of the molecule is CCC(C)(C)CC1(C(=O)OC2(C)CCCC2)CC1(C)C. The van der Waals surface area contributed by atoms with Crippen molar-refractivity contribution < 1.29 is 9.53 Å². The Morgan fingerprint density at radius 1 is 1.15 bits per heavy atom. The van der Waals surface area contributed by atoms with Gasteiger partial charge >= 0.3 is 5.97 Å². The molecule has 0 heterocycles. The van der Waals surface area contributed by atoms with E-state index in [0.29, 0.717) is 0 Å². The van der Waals surface area contributed by atoms with Gasteiger partial charge in [0.1, 0.15) is 5.60 Å². The van der Waals surface area contributed by atoms with Crippen LogP contribution in [0.2, 0.25) is 0 Å². The molecule has 2 rings (SSSR count). The third kappa shape index (κ3) is 2.76. The van der Waals surface area contributed by atoms with Crippen LogP contribution in [-0.4, -0.2) is 11.6 Å². The van der Waals surface area contributed by atoms with E-state index >= 15 is 0 Å². The highest BCUT2D eigenvalue weighted by atomic mass is 16.6. The molecule has 0 aromatic carbocycles. The van der Waals surface area contributed by atoms with Crippen LogP contribution in [0, 0.1) is 16.2 Å². The fourth-order valence-electron chi connectivity index (χ4n) is 3.92. The first-order valence-corrected chi connectivity index (χ1v) is 8.29. The molecule has 0 aromatic rings.